The maximum atomic E-state index is 11.3. The van der Waals surface area contributed by atoms with Gasteiger partial charge in [0.2, 0.25) is 0 Å². The molecule has 82 valence electrons. The van der Waals surface area contributed by atoms with Gasteiger partial charge >= 0.3 is 5.97 Å². The van der Waals surface area contributed by atoms with Crippen molar-refractivity contribution in [1.29, 1.82) is 0 Å². The van der Waals surface area contributed by atoms with E-state index in [1.807, 2.05) is 0 Å². The normalized spacial score (nSPS) is 9.80. The van der Waals surface area contributed by atoms with Gasteiger partial charge < -0.3 is 14.2 Å². The summed E-state index contributed by atoms with van der Waals surface area (Å²) < 4.78 is 15.3. The lowest BCUT2D eigenvalue weighted by Gasteiger charge is -2.07. The quantitative estimate of drug-likeness (QED) is 0.624. The molecule has 0 saturated heterocycles. The fourth-order valence-electron chi connectivity index (χ4n) is 1.01. The van der Waals surface area contributed by atoms with Gasteiger partial charge in [0.05, 0.1) is 12.7 Å². The first-order valence-electron chi connectivity index (χ1n) is 4.18. The Bertz CT molecular complexity index is 351. The highest BCUT2D eigenvalue weighted by Gasteiger charge is 2.08. The summed E-state index contributed by atoms with van der Waals surface area (Å²) in [7, 11) is 2.86. The first-order chi connectivity index (χ1) is 7.17. The number of carbonyl (C=O) groups is 1. The number of hydrogen-bond donors (Lipinski definition) is 0. The SMILES string of the molecule is COCOc1cc(Br)cc(C(=O)OC)c1. The molecule has 15 heavy (non-hydrogen) atoms. The molecule has 0 aliphatic carbocycles. The summed E-state index contributed by atoms with van der Waals surface area (Å²) in [6.07, 6.45) is 0. The summed E-state index contributed by atoms with van der Waals surface area (Å²) in [6, 6.07) is 4.99. The predicted molar refractivity (Wildman–Crippen MR) is 58.0 cm³/mol. The van der Waals surface area contributed by atoms with Crippen LogP contribution >= 0.6 is 15.9 Å². The summed E-state index contributed by atoms with van der Waals surface area (Å²) in [5.41, 5.74) is 0.429. The highest BCUT2D eigenvalue weighted by atomic mass is 79.9. The standard InChI is InChI=1S/C10H11BrO4/c1-13-6-15-9-4-7(10(12)14-2)3-8(11)5-9/h3-5H,6H2,1-2H3. The predicted octanol–water partition coefficient (Wildman–Crippen LogP) is 2.22. The van der Waals surface area contributed by atoms with E-state index in [2.05, 4.69) is 20.7 Å². The Morgan fingerprint density at radius 3 is 2.67 bits per heavy atom. The number of esters is 1. The second-order valence-corrected chi connectivity index (χ2v) is 3.63. The van der Waals surface area contributed by atoms with Crippen molar-refractivity contribution in [2.24, 2.45) is 0 Å². The molecule has 1 aromatic rings. The minimum atomic E-state index is -0.404. The Hall–Kier alpha value is -1.07. The maximum Gasteiger partial charge on any atom is 0.338 e. The summed E-state index contributed by atoms with van der Waals surface area (Å²) in [6.45, 7) is 0.136. The van der Waals surface area contributed by atoms with Crippen LogP contribution in [0.25, 0.3) is 0 Å². The molecule has 0 aromatic heterocycles. The second kappa shape index (κ2) is 5.72. The number of methoxy groups -OCH3 is 2. The molecule has 5 heteroatoms. The third-order valence-electron chi connectivity index (χ3n) is 1.64. The molecule has 1 aromatic carbocycles. The summed E-state index contributed by atoms with van der Waals surface area (Å²) >= 11 is 3.27. The summed E-state index contributed by atoms with van der Waals surface area (Å²) in [5.74, 6) is 0.144. The fourth-order valence-corrected chi connectivity index (χ4v) is 1.48. The number of carbonyl (C=O) groups excluding carboxylic acids is 1. The van der Waals surface area contributed by atoms with Gasteiger partial charge in [0.25, 0.3) is 0 Å². The van der Waals surface area contributed by atoms with Gasteiger partial charge in [0.15, 0.2) is 6.79 Å². The van der Waals surface area contributed by atoms with Gasteiger partial charge in [-0.25, -0.2) is 4.79 Å². The van der Waals surface area contributed by atoms with E-state index >= 15 is 0 Å². The van der Waals surface area contributed by atoms with Crippen LogP contribution in [-0.4, -0.2) is 27.0 Å². The topological polar surface area (TPSA) is 44.8 Å². The second-order valence-electron chi connectivity index (χ2n) is 2.72. The smallest absolute Gasteiger partial charge is 0.338 e. The maximum absolute atomic E-state index is 11.3. The Balaban J connectivity index is 2.89. The summed E-state index contributed by atoms with van der Waals surface area (Å²) in [5, 5.41) is 0. The minimum absolute atomic E-state index is 0.136. The third kappa shape index (κ3) is 3.53. The van der Waals surface area contributed by atoms with Gasteiger partial charge in [-0.15, -0.1) is 0 Å². The van der Waals surface area contributed by atoms with E-state index in [4.69, 9.17) is 9.47 Å². The zero-order valence-corrected chi connectivity index (χ0v) is 10.0. The molecule has 0 bridgehead atoms. The van der Waals surface area contributed by atoms with E-state index in [-0.39, 0.29) is 6.79 Å². The average molecular weight is 275 g/mol. The molecule has 0 aliphatic heterocycles. The van der Waals surface area contributed by atoms with Gasteiger partial charge in [-0.3, -0.25) is 0 Å². The fraction of sp³-hybridized carbons (Fsp3) is 0.300. The molecular weight excluding hydrogens is 264 g/mol. The Kier molecular flexibility index (Phi) is 4.58. The van der Waals surface area contributed by atoms with Crippen molar-refractivity contribution in [3.05, 3.63) is 28.2 Å². The van der Waals surface area contributed by atoms with Crippen molar-refractivity contribution < 1.29 is 19.0 Å². The molecule has 0 fully saturated rings. The van der Waals surface area contributed by atoms with Gasteiger partial charge in [-0.1, -0.05) is 15.9 Å². The van der Waals surface area contributed by atoms with Crippen LogP contribution < -0.4 is 4.74 Å². The van der Waals surface area contributed by atoms with Crippen molar-refractivity contribution in [2.75, 3.05) is 21.0 Å². The van der Waals surface area contributed by atoms with Crippen molar-refractivity contribution in [3.8, 4) is 5.75 Å². The lowest BCUT2D eigenvalue weighted by molar-refractivity contribution is 0.0503. The van der Waals surface area contributed by atoms with E-state index in [1.165, 1.54) is 14.2 Å². The molecule has 1 rings (SSSR count). The molecule has 0 saturated carbocycles. The average Bonchev–Trinajstić information content (AvgIpc) is 2.24. The first kappa shape index (κ1) is 12.0. The van der Waals surface area contributed by atoms with Crippen LogP contribution in [-0.2, 0) is 9.47 Å². The highest BCUT2D eigenvalue weighted by Crippen LogP contribution is 2.22. The molecule has 0 atom stereocenters. The molecule has 0 unspecified atom stereocenters. The zero-order chi connectivity index (χ0) is 11.3. The molecule has 0 radical (unpaired) electrons. The van der Waals surface area contributed by atoms with Crippen molar-refractivity contribution in [2.45, 2.75) is 0 Å². The Morgan fingerprint density at radius 1 is 1.33 bits per heavy atom. The molecule has 0 N–H and O–H groups in total. The Labute approximate surface area is 96.3 Å². The van der Waals surface area contributed by atoms with Crippen LogP contribution in [0.4, 0.5) is 0 Å². The van der Waals surface area contributed by atoms with E-state index in [1.54, 1.807) is 18.2 Å². The number of ether oxygens (including phenoxy) is 3. The number of hydrogen-bond acceptors (Lipinski definition) is 4. The van der Waals surface area contributed by atoms with E-state index in [0.717, 1.165) is 4.47 Å². The Morgan fingerprint density at radius 2 is 2.07 bits per heavy atom. The van der Waals surface area contributed by atoms with Gasteiger partial charge in [-0.2, -0.15) is 0 Å². The molecule has 0 heterocycles. The van der Waals surface area contributed by atoms with Crippen LogP contribution in [0, 0.1) is 0 Å². The molecule has 0 aliphatic rings. The van der Waals surface area contributed by atoms with Crippen LogP contribution in [0.2, 0.25) is 0 Å². The van der Waals surface area contributed by atoms with Crippen LogP contribution in [0.1, 0.15) is 10.4 Å². The largest absolute Gasteiger partial charge is 0.468 e. The molecule has 0 spiro atoms. The third-order valence-corrected chi connectivity index (χ3v) is 2.09. The van der Waals surface area contributed by atoms with E-state index in [0.29, 0.717) is 11.3 Å². The first-order valence-corrected chi connectivity index (χ1v) is 4.97. The number of benzene rings is 1. The van der Waals surface area contributed by atoms with E-state index < -0.39 is 5.97 Å². The highest BCUT2D eigenvalue weighted by molar-refractivity contribution is 9.10. The van der Waals surface area contributed by atoms with Crippen molar-refractivity contribution in [3.63, 3.8) is 0 Å². The molecule has 4 nitrogen and oxygen atoms in total. The number of rotatable bonds is 4. The lowest BCUT2D eigenvalue weighted by atomic mass is 10.2. The lowest BCUT2D eigenvalue weighted by Crippen LogP contribution is -2.03. The monoisotopic (exact) mass is 274 g/mol. The van der Waals surface area contributed by atoms with Gasteiger partial charge in [0, 0.05) is 11.6 Å². The van der Waals surface area contributed by atoms with Crippen LogP contribution in [0.3, 0.4) is 0 Å². The van der Waals surface area contributed by atoms with Crippen LogP contribution in [0.5, 0.6) is 5.75 Å². The van der Waals surface area contributed by atoms with Gasteiger partial charge in [-0.05, 0) is 18.2 Å². The number of halogens is 1. The van der Waals surface area contributed by atoms with Gasteiger partial charge in [0.1, 0.15) is 5.75 Å². The molecular formula is C10H11BrO4. The zero-order valence-electron chi connectivity index (χ0n) is 8.45. The van der Waals surface area contributed by atoms with E-state index in [9.17, 15) is 4.79 Å². The van der Waals surface area contributed by atoms with Crippen molar-refractivity contribution in [1.82, 2.24) is 0 Å². The van der Waals surface area contributed by atoms with Crippen LogP contribution in [0.15, 0.2) is 22.7 Å². The minimum Gasteiger partial charge on any atom is -0.468 e. The van der Waals surface area contributed by atoms with Crippen molar-refractivity contribution >= 4 is 21.9 Å². The summed E-state index contributed by atoms with van der Waals surface area (Å²) in [4.78, 5) is 11.3. The molecule has 0 amide bonds.